The summed E-state index contributed by atoms with van der Waals surface area (Å²) in [6.07, 6.45) is 0. The highest BCUT2D eigenvalue weighted by Gasteiger charge is 2.27. The van der Waals surface area contributed by atoms with E-state index in [4.69, 9.17) is 12.2 Å². The molecule has 4 nitrogen and oxygen atoms in total. The fourth-order valence-corrected chi connectivity index (χ4v) is 3.14. The van der Waals surface area contributed by atoms with E-state index >= 15 is 0 Å². The minimum atomic E-state index is -0.519. The maximum atomic E-state index is 13.1. The molecule has 1 unspecified atom stereocenters. The van der Waals surface area contributed by atoms with E-state index in [0.29, 0.717) is 4.77 Å². The first-order chi connectivity index (χ1) is 11.4. The number of imidazole rings is 1. The van der Waals surface area contributed by atoms with Crippen molar-refractivity contribution in [1.29, 1.82) is 0 Å². The molecule has 1 aromatic heterocycles. The molecule has 0 radical (unpaired) electrons. The molecule has 124 valence electrons. The minimum Gasteiger partial charge on any atom is -0.349 e. The average Bonchev–Trinajstić information content (AvgIpc) is 2.83. The van der Waals surface area contributed by atoms with E-state index in [0.717, 1.165) is 16.6 Å². The number of benzene rings is 2. The lowest BCUT2D eigenvalue weighted by molar-refractivity contribution is -0.124. The quantitative estimate of drug-likeness (QED) is 0.703. The van der Waals surface area contributed by atoms with Crippen LogP contribution < -0.4 is 5.32 Å². The maximum Gasteiger partial charge on any atom is 0.248 e. The van der Waals surface area contributed by atoms with Crippen LogP contribution in [0.1, 0.15) is 32.4 Å². The molecule has 3 rings (SSSR count). The molecule has 0 fully saturated rings. The van der Waals surface area contributed by atoms with Gasteiger partial charge in [-0.1, -0.05) is 42.5 Å². The van der Waals surface area contributed by atoms with Gasteiger partial charge < -0.3 is 14.9 Å². The SMILES string of the molecule is CC(C)(C)NC(=O)C(c1ccccc1)n1c(=S)[nH]c2ccccc21. The molecule has 1 amide bonds. The number of hydrogen-bond donors (Lipinski definition) is 2. The third-order valence-electron chi connectivity index (χ3n) is 3.74. The zero-order chi connectivity index (χ0) is 17.3. The van der Waals surface area contributed by atoms with Gasteiger partial charge in [0, 0.05) is 5.54 Å². The van der Waals surface area contributed by atoms with Crippen LogP contribution in [0.3, 0.4) is 0 Å². The van der Waals surface area contributed by atoms with Crippen LogP contribution in [-0.4, -0.2) is 21.0 Å². The highest BCUT2D eigenvalue weighted by atomic mass is 32.1. The summed E-state index contributed by atoms with van der Waals surface area (Å²) < 4.78 is 2.43. The van der Waals surface area contributed by atoms with Crippen LogP contribution in [0.4, 0.5) is 0 Å². The lowest BCUT2D eigenvalue weighted by atomic mass is 10.0. The summed E-state index contributed by atoms with van der Waals surface area (Å²) in [5, 5.41) is 3.08. The van der Waals surface area contributed by atoms with Gasteiger partial charge in [-0.3, -0.25) is 4.79 Å². The Labute approximate surface area is 146 Å². The number of aromatic nitrogens is 2. The molecule has 5 heteroatoms. The van der Waals surface area contributed by atoms with Crippen LogP contribution in [0.15, 0.2) is 54.6 Å². The molecule has 0 saturated heterocycles. The molecule has 0 aliphatic carbocycles. The Bertz CT molecular complexity index is 919. The molecular weight excluding hydrogens is 318 g/mol. The van der Waals surface area contributed by atoms with Gasteiger partial charge in [0.25, 0.3) is 0 Å². The van der Waals surface area contributed by atoms with Gasteiger partial charge >= 0.3 is 0 Å². The molecule has 2 aromatic carbocycles. The van der Waals surface area contributed by atoms with Crippen LogP contribution in [0.2, 0.25) is 0 Å². The first-order valence-electron chi connectivity index (χ1n) is 7.93. The van der Waals surface area contributed by atoms with E-state index in [-0.39, 0.29) is 11.4 Å². The van der Waals surface area contributed by atoms with Crippen molar-refractivity contribution in [2.24, 2.45) is 0 Å². The van der Waals surface area contributed by atoms with E-state index in [1.54, 1.807) is 0 Å². The number of hydrogen-bond acceptors (Lipinski definition) is 2. The zero-order valence-electron chi connectivity index (χ0n) is 14.0. The Balaban J connectivity index is 2.19. The molecule has 0 spiro atoms. The molecular formula is C19H21N3OS. The number of rotatable bonds is 3. The first-order valence-corrected chi connectivity index (χ1v) is 8.34. The van der Waals surface area contributed by atoms with E-state index < -0.39 is 6.04 Å². The minimum absolute atomic E-state index is 0.0745. The van der Waals surface area contributed by atoms with Gasteiger partial charge in [0.1, 0.15) is 6.04 Å². The second-order valence-corrected chi connectivity index (χ2v) is 7.26. The summed E-state index contributed by atoms with van der Waals surface area (Å²) in [6.45, 7) is 5.92. The molecule has 3 aromatic rings. The zero-order valence-corrected chi connectivity index (χ0v) is 14.9. The molecule has 0 saturated carbocycles. The Kier molecular flexibility index (Phi) is 4.28. The van der Waals surface area contributed by atoms with Crippen molar-refractivity contribution in [1.82, 2.24) is 14.9 Å². The lowest BCUT2D eigenvalue weighted by Crippen LogP contribution is -2.44. The monoisotopic (exact) mass is 339 g/mol. The van der Waals surface area contributed by atoms with Crippen molar-refractivity contribution >= 4 is 29.2 Å². The fraction of sp³-hybridized carbons (Fsp3) is 0.263. The summed E-state index contributed by atoms with van der Waals surface area (Å²) in [7, 11) is 0. The summed E-state index contributed by atoms with van der Waals surface area (Å²) in [6, 6.07) is 17.0. The van der Waals surface area contributed by atoms with E-state index in [1.165, 1.54) is 0 Å². The molecule has 0 aliphatic heterocycles. The van der Waals surface area contributed by atoms with Gasteiger partial charge in [0.15, 0.2) is 4.77 Å². The maximum absolute atomic E-state index is 13.1. The molecule has 1 atom stereocenters. The largest absolute Gasteiger partial charge is 0.349 e. The predicted molar refractivity (Wildman–Crippen MR) is 99.6 cm³/mol. The molecule has 0 aliphatic rings. The van der Waals surface area contributed by atoms with Gasteiger partial charge in [0.05, 0.1) is 11.0 Å². The first kappa shape index (κ1) is 16.5. The Hall–Kier alpha value is -2.40. The number of aromatic amines is 1. The van der Waals surface area contributed by atoms with Crippen molar-refractivity contribution in [2.45, 2.75) is 32.4 Å². The van der Waals surface area contributed by atoms with E-state index in [9.17, 15) is 4.79 Å². The third-order valence-corrected chi connectivity index (χ3v) is 4.04. The Morgan fingerprint density at radius 1 is 1.08 bits per heavy atom. The lowest BCUT2D eigenvalue weighted by Gasteiger charge is -2.26. The summed E-state index contributed by atoms with van der Waals surface area (Å²) in [5.74, 6) is -0.0745. The highest BCUT2D eigenvalue weighted by Crippen LogP contribution is 2.25. The number of H-pyrrole nitrogens is 1. The van der Waals surface area contributed by atoms with Crippen molar-refractivity contribution in [3.05, 3.63) is 64.9 Å². The third kappa shape index (κ3) is 3.26. The second-order valence-electron chi connectivity index (χ2n) is 6.87. The highest BCUT2D eigenvalue weighted by molar-refractivity contribution is 7.71. The number of nitrogens with one attached hydrogen (secondary N) is 2. The average molecular weight is 339 g/mol. The summed E-state index contributed by atoms with van der Waals surface area (Å²) >= 11 is 5.52. The van der Waals surface area contributed by atoms with Gasteiger partial charge in [-0.25, -0.2) is 0 Å². The summed E-state index contributed by atoms with van der Waals surface area (Å²) in [5.41, 5.74) is 2.42. The second kappa shape index (κ2) is 6.24. The van der Waals surface area contributed by atoms with Crippen molar-refractivity contribution in [3.8, 4) is 0 Å². The van der Waals surface area contributed by atoms with Crippen LogP contribution in [0.25, 0.3) is 11.0 Å². The number of carbonyl (C=O) groups is 1. The molecule has 2 N–H and O–H groups in total. The standard InChI is InChI=1S/C19H21N3OS/c1-19(2,3)21-17(23)16(13-9-5-4-6-10-13)22-15-12-8-7-11-14(15)20-18(22)24/h4-12,16H,1-3H3,(H,20,24)(H,21,23). The van der Waals surface area contributed by atoms with Crippen molar-refractivity contribution in [2.75, 3.05) is 0 Å². The fourth-order valence-electron chi connectivity index (χ4n) is 2.82. The van der Waals surface area contributed by atoms with Crippen LogP contribution in [0, 0.1) is 4.77 Å². The van der Waals surface area contributed by atoms with Crippen LogP contribution >= 0.6 is 12.2 Å². The van der Waals surface area contributed by atoms with Gasteiger partial charge in [0.2, 0.25) is 5.91 Å². The summed E-state index contributed by atoms with van der Waals surface area (Å²) in [4.78, 5) is 16.3. The van der Waals surface area contributed by atoms with Gasteiger partial charge in [-0.15, -0.1) is 0 Å². The number of nitrogens with zero attached hydrogens (tertiary/aromatic N) is 1. The van der Waals surface area contributed by atoms with Crippen LogP contribution in [0.5, 0.6) is 0 Å². The van der Waals surface area contributed by atoms with Gasteiger partial charge in [-0.05, 0) is 50.7 Å². The van der Waals surface area contributed by atoms with E-state index in [2.05, 4.69) is 10.3 Å². The molecule has 0 bridgehead atoms. The van der Waals surface area contributed by atoms with E-state index in [1.807, 2.05) is 79.9 Å². The van der Waals surface area contributed by atoms with Crippen molar-refractivity contribution in [3.63, 3.8) is 0 Å². The number of para-hydroxylation sites is 2. The van der Waals surface area contributed by atoms with Gasteiger partial charge in [-0.2, -0.15) is 0 Å². The molecule has 1 heterocycles. The number of amides is 1. The van der Waals surface area contributed by atoms with Crippen molar-refractivity contribution < 1.29 is 4.79 Å². The number of carbonyl (C=O) groups excluding carboxylic acids is 1. The smallest absolute Gasteiger partial charge is 0.248 e. The Morgan fingerprint density at radius 3 is 2.38 bits per heavy atom. The number of fused-ring (bicyclic) bond motifs is 1. The normalized spacial score (nSPS) is 13.0. The topological polar surface area (TPSA) is 49.8 Å². The Morgan fingerprint density at radius 2 is 1.71 bits per heavy atom. The van der Waals surface area contributed by atoms with Crippen LogP contribution in [-0.2, 0) is 4.79 Å². The molecule has 24 heavy (non-hydrogen) atoms. The predicted octanol–water partition coefficient (Wildman–Crippen LogP) is 4.20.